The highest BCUT2D eigenvalue weighted by Gasteiger charge is 2.32. The SMILES string of the molecule is COc1cc(CC(=O)N(CCOc2ccc(C(=O)O)cc2)C2CC2)ccc1NC(=O)Nc1ccccc1Br. The number of rotatable bonds is 11. The lowest BCUT2D eigenvalue weighted by atomic mass is 10.1. The van der Waals surface area contributed by atoms with Gasteiger partial charge in [-0.05, 0) is 82.9 Å². The fourth-order valence-electron chi connectivity index (χ4n) is 3.92. The number of carbonyl (C=O) groups excluding carboxylic acids is 2. The zero-order valence-corrected chi connectivity index (χ0v) is 22.4. The quantitative estimate of drug-likeness (QED) is 0.278. The van der Waals surface area contributed by atoms with Gasteiger partial charge in [0.1, 0.15) is 18.1 Å². The van der Waals surface area contributed by atoms with Crippen LogP contribution >= 0.6 is 15.9 Å². The Morgan fingerprint density at radius 1 is 1.00 bits per heavy atom. The van der Waals surface area contributed by atoms with Gasteiger partial charge in [-0.2, -0.15) is 0 Å². The van der Waals surface area contributed by atoms with Gasteiger partial charge in [-0.3, -0.25) is 4.79 Å². The third-order valence-electron chi connectivity index (χ3n) is 6.00. The molecule has 198 valence electrons. The van der Waals surface area contributed by atoms with Crippen LogP contribution in [0.1, 0.15) is 28.8 Å². The van der Waals surface area contributed by atoms with E-state index in [1.165, 1.54) is 19.2 Å². The van der Waals surface area contributed by atoms with Crippen molar-refractivity contribution in [2.45, 2.75) is 25.3 Å². The number of urea groups is 1. The summed E-state index contributed by atoms with van der Waals surface area (Å²) < 4.78 is 12.0. The molecule has 1 aliphatic carbocycles. The van der Waals surface area contributed by atoms with Crippen molar-refractivity contribution < 1.29 is 29.0 Å². The molecule has 0 spiro atoms. The second kappa shape index (κ2) is 12.5. The third kappa shape index (κ3) is 7.25. The minimum atomic E-state index is -0.994. The summed E-state index contributed by atoms with van der Waals surface area (Å²) in [6, 6.07) is 18.5. The van der Waals surface area contributed by atoms with E-state index in [1.807, 2.05) is 23.1 Å². The first-order valence-electron chi connectivity index (χ1n) is 12.1. The van der Waals surface area contributed by atoms with E-state index in [-0.39, 0.29) is 23.9 Å². The number of nitrogens with one attached hydrogen (secondary N) is 2. The highest BCUT2D eigenvalue weighted by Crippen LogP contribution is 2.30. The van der Waals surface area contributed by atoms with Crippen molar-refractivity contribution in [2.75, 3.05) is 30.9 Å². The van der Waals surface area contributed by atoms with E-state index in [9.17, 15) is 14.4 Å². The number of anilines is 2. The maximum Gasteiger partial charge on any atom is 0.335 e. The molecule has 3 amide bonds. The lowest BCUT2D eigenvalue weighted by Crippen LogP contribution is -2.37. The van der Waals surface area contributed by atoms with Crippen LogP contribution in [0, 0.1) is 0 Å². The molecule has 1 saturated carbocycles. The second-order valence-electron chi connectivity index (χ2n) is 8.77. The summed E-state index contributed by atoms with van der Waals surface area (Å²) in [5, 5.41) is 14.6. The number of benzene rings is 3. The summed E-state index contributed by atoms with van der Waals surface area (Å²) in [4.78, 5) is 38.4. The molecule has 0 unspecified atom stereocenters. The van der Waals surface area contributed by atoms with Gasteiger partial charge in [0.05, 0.1) is 37.0 Å². The molecule has 1 fully saturated rings. The zero-order valence-electron chi connectivity index (χ0n) is 20.8. The first-order chi connectivity index (χ1) is 18.3. The molecular formula is C28H28BrN3O6. The number of hydrogen-bond donors (Lipinski definition) is 3. The van der Waals surface area contributed by atoms with E-state index in [1.54, 1.807) is 36.4 Å². The Bertz CT molecular complexity index is 1310. The molecule has 9 nitrogen and oxygen atoms in total. The van der Waals surface area contributed by atoms with Gasteiger partial charge in [-0.1, -0.05) is 18.2 Å². The monoisotopic (exact) mass is 581 g/mol. The average Bonchev–Trinajstić information content (AvgIpc) is 3.74. The number of ether oxygens (including phenoxy) is 2. The molecule has 1 aliphatic rings. The molecule has 3 N–H and O–H groups in total. The number of hydrogen-bond acceptors (Lipinski definition) is 5. The normalized spacial score (nSPS) is 12.4. The Hall–Kier alpha value is -4.05. The molecule has 38 heavy (non-hydrogen) atoms. The number of para-hydroxylation sites is 1. The van der Waals surface area contributed by atoms with Crippen LogP contribution in [0.15, 0.2) is 71.2 Å². The molecule has 0 radical (unpaired) electrons. The predicted molar refractivity (Wildman–Crippen MR) is 147 cm³/mol. The van der Waals surface area contributed by atoms with Crippen molar-refractivity contribution in [2.24, 2.45) is 0 Å². The van der Waals surface area contributed by atoms with Gasteiger partial charge in [0, 0.05) is 10.5 Å². The molecule has 0 aliphatic heterocycles. The molecule has 4 rings (SSSR count). The standard InChI is InChI=1S/C28H28BrN3O6/c1-37-25-16-18(6-13-24(25)31-28(36)30-23-5-3-2-4-22(23)29)17-26(33)32(20-9-10-20)14-15-38-21-11-7-19(8-12-21)27(34)35/h2-8,11-13,16,20H,9-10,14-15,17H2,1H3,(H,34,35)(H2,30,31,36). The first-order valence-corrected chi connectivity index (χ1v) is 12.9. The van der Waals surface area contributed by atoms with E-state index < -0.39 is 12.0 Å². The molecule has 3 aromatic rings. The van der Waals surface area contributed by atoms with Crippen molar-refractivity contribution >= 4 is 45.2 Å². The third-order valence-corrected chi connectivity index (χ3v) is 6.69. The van der Waals surface area contributed by atoms with Crippen molar-refractivity contribution in [3.8, 4) is 11.5 Å². The molecule has 0 heterocycles. The topological polar surface area (TPSA) is 117 Å². The van der Waals surface area contributed by atoms with E-state index in [4.69, 9.17) is 14.6 Å². The molecule has 0 saturated heterocycles. The van der Waals surface area contributed by atoms with Crippen molar-refractivity contribution in [1.82, 2.24) is 4.90 Å². The van der Waals surface area contributed by atoms with Crippen LogP contribution in [-0.2, 0) is 11.2 Å². The Balaban J connectivity index is 1.33. The summed E-state index contributed by atoms with van der Waals surface area (Å²) >= 11 is 3.40. The fraction of sp³-hybridized carbons (Fsp3) is 0.250. The lowest BCUT2D eigenvalue weighted by Gasteiger charge is -2.23. The number of carboxylic acids is 1. The van der Waals surface area contributed by atoms with Crippen molar-refractivity contribution in [3.05, 3.63) is 82.3 Å². The largest absolute Gasteiger partial charge is 0.495 e. The summed E-state index contributed by atoms with van der Waals surface area (Å²) in [7, 11) is 1.51. The van der Waals surface area contributed by atoms with Crippen LogP contribution in [0.5, 0.6) is 11.5 Å². The fourth-order valence-corrected chi connectivity index (χ4v) is 4.30. The Kier molecular flexibility index (Phi) is 8.85. The number of amides is 3. The summed E-state index contributed by atoms with van der Waals surface area (Å²) in [6.07, 6.45) is 2.10. The smallest absolute Gasteiger partial charge is 0.335 e. The maximum atomic E-state index is 13.1. The number of halogens is 1. The second-order valence-corrected chi connectivity index (χ2v) is 9.62. The molecular weight excluding hydrogens is 554 g/mol. The maximum absolute atomic E-state index is 13.1. The van der Waals surface area contributed by atoms with Crippen molar-refractivity contribution in [3.63, 3.8) is 0 Å². The number of carbonyl (C=O) groups is 3. The van der Waals surface area contributed by atoms with Gasteiger partial charge in [-0.15, -0.1) is 0 Å². The Morgan fingerprint density at radius 3 is 2.37 bits per heavy atom. The number of methoxy groups -OCH3 is 1. The van der Waals surface area contributed by atoms with E-state index in [2.05, 4.69) is 26.6 Å². The molecule has 0 aromatic heterocycles. The highest BCUT2D eigenvalue weighted by atomic mass is 79.9. The van der Waals surface area contributed by atoms with Crippen LogP contribution in [0.3, 0.4) is 0 Å². The number of carboxylic acid groups (broad SMARTS) is 1. The minimum absolute atomic E-state index is 0.0215. The van der Waals surface area contributed by atoms with Crippen LogP contribution in [0.2, 0.25) is 0 Å². The minimum Gasteiger partial charge on any atom is -0.495 e. The van der Waals surface area contributed by atoms with E-state index in [0.29, 0.717) is 36.0 Å². The highest BCUT2D eigenvalue weighted by molar-refractivity contribution is 9.10. The van der Waals surface area contributed by atoms with E-state index >= 15 is 0 Å². The first kappa shape index (κ1) is 27.0. The van der Waals surface area contributed by atoms with Gasteiger partial charge < -0.3 is 30.1 Å². The van der Waals surface area contributed by atoms with Gasteiger partial charge in [0.15, 0.2) is 0 Å². The predicted octanol–water partition coefficient (Wildman–Crippen LogP) is 5.41. The van der Waals surface area contributed by atoms with Crippen LogP contribution in [-0.4, -0.2) is 54.2 Å². The average molecular weight is 582 g/mol. The van der Waals surface area contributed by atoms with Crippen LogP contribution in [0.25, 0.3) is 0 Å². The summed E-state index contributed by atoms with van der Waals surface area (Å²) in [5.41, 5.74) is 2.07. The summed E-state index contributed by atoms with van der Waals surface area (Å²) in [6.45, 7) is 0.726. The van der Waals surface area contributed by atoms with Gasteiger partial charge in [0.2, 0.25) is 5.91 Å². The van der Waals surface area contributed by atoms with Crippen LogP contribution < -0.4 is 20.1 Å². The lowest BCUT2D eigenvalue weighted by molar-refractivity contribution is -0.131. The summed E-state index contributed by atoms with van der Waals surface area (Å²) in [5.74, 6) is -0.0173. The Morgan fingerprint density at radius 2 is 1.71 bits per heavy atom. The van der Waals surface area contributed by atoms with Gasteiger partial charge >= 0.3 is 12.0 Å². The molecule has 0 atom stereocenters. The van der Waals surface area contributed by atoms with Gasteiger partial charge in [-0.25, -0.2) is 9.59 Å². The van der Waals surface area contributed by atoms with E-state index in [0.717, 1.165) is 22.9 Å². The van der Waals surface area contributed by atoms with Crippen LogP contribution in [0.4, 0.5) is 16.2 Å². The zero-order chi connectivity index (χ0) is 27.1. The van der Waals surface area contributed by atoms with Crippen molar-refractivity contribution in [1.29, 1.82) is 0 Å². The Labute approximate surface area is 228 Å². The number of nitrogens with zero attached hydrogens (tertiary/aromatic N) is 1. The molecule has 0 bridgehead atoms. The molecule has 10 heteroatoms. The van der Waals surface area contributed by atoms with Gasteiger partial charge in [0.25, 0.3) is 0 Å². The number of aromatic carboxylic acids is 1. The molecule has 3 aromatic carbocycles.